The van der Waals surface area contributed by atoms with Crippen LogP contribution in [0.4, 0.5) is 0 Å². The van der Waals surface area contributed by atoms with E-state index >= 15 is 0 Å². The molecule has 0 fully saturated rings. The molecule has 0 spiro atoms. The number of amides is 1. The zero-order chi connectivity index (χ0) is 12.7. The van der Waals surface area contributed by atoms with Gasteiger partial charge < -0.3 is 11.1 Å². The van der Waals surface area contributed by atoms with Crippen LogP contribution in [0.3, 0.4) is 0 Å². The van der Waals surface area contributed by atoms with Gasteiger partial charge in [0, 0.05) is 18.7 Å². The predicted octanol–water partition coefficient (Wildman–Crippen LogP) is 1.78. The van der Waals surface area contributed by atoms with Gasteiger partial charge in [0.2, 0.25) is 5.91 Å². The molecule has 1 heterocycles. The average Bonchev–Trinajstić information content (AvgIpc) is 2.30. The normalized spacial score (nSPS) is 14.1. The first kappa shape index (κ1) is 13.6. The zero-order valence-electron chi connectivity index (χ0n) is 10.5. The minimum atomic E-state index is -0.0717. The lowest BCUT2D eigenvalue weighted by Crippen LogP contribution is -2.33. The predicted molar refractivity (Wildman–Crippen MR) is 68.3 cm³/mol. The van der Waals surface area contributed by atoms with E-state index in [4.69, 9.17) is 5.73 Å². The van der Waals surface area contributed by atoms with E-state index in [9.17, 15) is 4.79 Å². The van der Waals surface area contributed by atoms with Gasteiger partial charge in [-0.25, -0.2) is 0 Å². The second-order valence-corrected chi connectivity index (χ2v) is 4.30. The number of nitrogens with zero attached hydrogens (tertiary/aromatic N) is 1. The van der Waals surface area contributed by atoms with Crippen LogP contribution in [0.2, 0.25) is 0 Å². The van der Waals surface area contributed by atoms with Crippen molar-refractivity contribution in [3.8, 4) is 0 Å². The molecule has 1 unspecified atom stereocenters. The summed E-state index contributed by atoms with van der Waals surface area (Å²) in [7, 11) is 0. The van der Waals surface area contributed by atoms with Crippen molar-refractivity contribution in [2.45, 2.75) is 45.2 Å². The largest absolute Gasteiger partial charge is 0.348 e. The average molecular weight is 235 g/mol. The maximum absolute atomic E-state index is 11.7. The molecule has 0 aliphatic rings. The maximum atomic E-state index is 11.7. The number of nitrogens with two attached hydrogens (primary N) is 1. The van der Waals surface area contributed by atoms with E-state index in [0.29, 0.717) is 6.42 Å². The maximum Gasteiger partial charge on any atom is 0.222 e. The Hall–Kier alpha value is -1.42. The standard InChI is InChI=1S/C13H21N3O/c1-3-6-11(14)9-13(17)16-10(2)12-7-4-5-8-15-12/h4-5,7-8,10-11H,3,6,9,14H2,1-2H3,(H,16,17)/t10-,11?/m0/s1. The molecule has 4 heteroatoms. The first-order chi connectivity index (χ1) is 8.13. The number of hydrogen-bond acceptors (Lipinski definition) is 3. The molecule has 94 valence electrons. The molecule has 1 aromatic heterocycles. The Labute approximate surface area is 103 Å². The molecule has 2 atom stereocenters. The second kappa shape index (κ2) is 7.01. The summed E-state index contributed by atoms with van der Waals surface area (Å²) in [5.41, 5.74) is 6.69. The van der Waals surface area contributed by atoms with Gasteiger partial charge in [-0.05, 0) is 25.5 Å². The van der Waals surface area contributed by atoms with E-state index in [0.717, 1.165) is 18.5 Å². The molecule has 1 rings (SSSR count). The molecule has 0 aliphatic carbocycles. The van der Waals surface area contributed by atoms with Gasteiger partial charge in [0.25, 0.3) is 0 Å². The molecule has 0 saturated heterocycles. The van der Waals surface area contributed by atoms with Crippen LogP contribution in [0.5, 0.6) is 0 Å². The van der Waals surface area contributed by atoms with Gasteiger partial charge in [0.1, 0.15) is 0 Å². The monoisotopic (exact) mass is 235 g/mol. The summed E-state index contributed by atoms with van der Waals surface area (Å²) in [5, 5.41) is 2.90. The van der Waals surface area contributed by atoms with Crippen LogP contribution in [0.15, 0.2) is 24.4 Å². The van der Waals surface area contributed by atoms with Gasteiger partial charge in [-0.1, -0.05) is 19.4 Å². The highest BCUT2D eigenvalue weighted by Gasteiger charge is 2.13. The Morgan fingerprint density at radius 1 is 1.53 bits per heavy atom. The van der Waals surface area contributed by atoms with E-state index in [1.807, 2.05) is 25.1 Å². The van der Waals surface area contributed by atoms with Gasteiger partial charge in [-0.3, -0.25) is 9.78 Å². The minimum Gasteiger partial charge on any atom is -0.348 e. The molecule has 17 heavy (non-hydrogen) atoms. The molecule has 0 aliphatic heterocycles. The molecular formula is C13H21N3O. The SMILES string of the molecule is CCCC(N)CC(=O)N[C@@H](C)c1ccccn1. The van der Waals surface area contributed by atoms with E-state index in [-0.39, 0.29) is 18.0 Å². The number of rotatable bonds is 6. The van der Waals surface area contributed by atoms with Gasteiger partial charge in [-0.15, -0.1) is 0 Å². The molecule has 3 N–H and O–H groups in total. The zero-order valence-corrected chi connectivity index (χ0v) is 10.5. The number of hydrogen-bond donors (Lipinski definition) is 2. The topological polar surface area (TPSA) is 68.0 Å². The number of carbonyl (C=O) groups is 1. The summed E-state index contributed by atoms with van der Waals surface area (Å²) in [6.07, 6.45) is 3.99. The fourth-order valence-corrected chi connectivity index (χ4v) is 1.72. The molecule has 0 aromatic carbocycles. The second-order valence-electron chi connectivity index (χ2n) is 4.30. The molecular weight excluding hydrogens is 214 g/mol. The summed E-state index contributed by atoms with van der Waals surface area (Å²) >= 11 is 0. The third-order valence-electron chi connectivity index (χ3n) is 2.62. The molecule has 0 radical (unpaired) electrons. The molecule has 4 nitrogen and oxygen atoms in total. The van der Waals surface area contributed by atoms with Crippen LogP contribution >= 0.6 is 0 Å². The smallest absolute Gasteiger partial charge is 0.222 e. The summed E-state index contributed by atoms with van der Waals surface area (Å²) < 4.78 is 0. The van der Waals surface area contributed by atoms with Crippen LogP contribution < -0.4 is 11.1 Å². The Bertz CT molecular complexity index is 340. The van der Waals surface area contributed by atoms with Crippen molar-refractivity contribution in [2.75, 3.05) is 0 Å². The Morgan fingerprint density at radius 2 is 2.29 bits per heavy atom. The number of aromatic nitrogens is 1. The molecule has 1 aromatic rings. The van der Waals surface area contributed by atoms with Crippen molar-refractivity contribution in [3.63, 3.8) is 0 Å². The highest BCUT2D eigenvalue weighted by molar-refractivity contribution is 5.76. The van der Waals surface area contributed by atoms with Crippen LogP contribution in [-0.4, -0.2) is 16.9 Å². The lowest BCUT2D eigenvalue weighted by molar-refractivity contribution is -0.122. The van der Waals surface area contributed by atoms with Crippen molar-refractivity contribution in [1.82, 2.24) is 10.3 Å². The Balaban J connectivity index is 2.41. The lowest BCUT2D eigenvalue weighted by atomic mass is 10.1. The quantitative estimate of drug-likeness (QED) is 0.789. The van der Waals surface area contributed by atoms with Crippen molar-refractivity contribution in [3.05, 3.63) is 30.1 Å². The number of nitrogens with one attached hydrogen (secondary N) is 1. The van der Waals surface area contributed by atoms with Gasteiger partial charge in [0.05, 0.1) is 11.7 Å². The Morgan fingerprint density at radius 3 is 2.88 bits per heavy atom. The summed E-state index contributed by atoms with van der Waals surface area (Å²) in [5.74, 6) is -0.0101. The van der Waals surface area contributed by atoms with Crippen molar-refractivity contribution < 1.29 is 4.79 Å². The van der Waals surface area contributed by atoms with Gasteiger partial charge in [-0.2, -0.15) is 0 Å². The minimum absolute atomic E-state index is 0.0101. The summed E-state index contributed by atoms with van der Waals surface area (Å²) in [6, 6.07) is 5.55. The van der Waals surface area contributed by atoms with Crippen LogP contribution in [0.25, 0.3) is 0 Å². The first-order valence-electron chi connectivity index (χ1n) is 6.09. The first-order valence-corrected chi connectivity index (χ1v) is 6.09. The Kier molecular flexibility index (Phi) is 5.63. The molecule has 0 bridgehead atoms. The van der Waals surface area contributed by atoms with Crippen LogP contribution in [0.1, 0.15) is 44.8 Å². The fourth-order valence-electron chi connectivity index (χ4n) is 1.72. The molecule has 1 amide bonds. The van der Waals surface area contributed by atoms with Gasteiger partial charge in [0.15, 0.2) is 0 Å². The van der Waals surface area contributed by atoms with Crippen LogP contribution in [0, 0.1) is 0 Å². The van der Waals surface area contributed by atoms with Crippen molar-refractivity contribution >= 4 is 5.91 Å². The summed E-state index contributed by atoms with van der Waals surface area (Å²) in [6.45, 7) is 3.99. The van der Waals surface area contributed by atoms with E-state index < -0.39 is 0 Å². The van der Waals surface area contributed by atoms with Crippen molar-refractivity contribution in [2.24, 2.45) is 5.73 Å². The number of carbonyl (C=O) groups excluding carboxylic acids is 1. The highest BCUT2D eigenvalue weighted by Crippen LogP contribution is 2.08. The summed E-state index contributed by atoms with van der Waals surface area (Å²) in [4.78, 5) is 15.9. The number of pyridine rings is 1. The van der Waals surface area contributed by atoms with Crippen LogP contribution in [-0.2, 0) is 4.79 Å². The van der Waals surface area contributed by atoms with E-state index in [2.05, 4.69) is 17.2 Å². The van der Waals surface area contributed by atoms with Crippen molar-refractivity contribution in [1.29, 1.82) is 0 Å². The molecule has 0 saturated carbocycles. The van der Waals surface area contributed by atoms with Gasteiger partial charge >= 0.3 is 0 Å². The van der Waals surface area contributed by atoms with E-state index in [1.165, 1.54) is 0 Å². The third-order valence-corrected chi connectivity index (χ3v) is 2.62. The third kappa shape index (κ3) is 4.95. The fraction of sp³-hybridized carbons (Fsp3) is 0.538. The highest BCUT2D eigenvalue weighted by atomic mass is 16.1. The van der Waals surface area contributed by atoms with E-state index in [1.54, 1.807) is 6.20 Å². The lowest BCUT2D eigenvalue weighted by Gasteiger charge is -2.15.